The number of benzene rings is 2. The van der Waals surface area contributed by atoms with Crippen molar-refractivity contribution in [2.75, 3.05) is 5.32 Å². The van der Waals surface area contributed by atoms with Gasteiger partial charge >= 0.3 is 0 Å². The molecule has 1 aliphatic rings. The lowest BCUT2D eigenvalue weighted by Crippen LogP contribution is -2.27. The summed E-state index contributed by atoms with van der Waals surface area (Å²) in [7, 11) is 0. The number of fused-ring (bicyclic) bond motifs is 1. The van der Waals surface area contributed by atoms with Crippen LogP contribution in [0, 0.1) is 0 Å². The molecule has 0 spiro atoms. The van der Waals surface area contributed by atoms with E-state index in [4.69, 9.17) is 23.2 Å². The standard InChI is InChI=1S/C16H13Br2Cl2N/c17-11-3-1-10-6-13(4-2-9(10)5-11)21-16-14(19)7-12(18)8-15(16)20/h1,3,5,7-8,13,21H,2,4,6H2. The average molecular weight is 450 g/mol. The topological polar surface area (TPSA) is 12.0 Å². The Morgan fingerprint density at radius 2 is 1.67 bits per heavy atom. The van der Waals surface area contributed by atoms with Crippen LogP contribution in [-0.4, -0.2) is 6.04 Å². The number of anilines is 1. The third-order valence-electron chi connectivity index (χ3n) is 3.75. The molecular formula is C16H13Br2Cl2N. The van der Waals surface area contributed by atoms with E-state index in [9.17, 15) is 0 Å². The summed E-state index contributed by atoms with van der Waals surface area (Å²) in [6.45, 7) is 0. The van der Waals surface area contributed by atoms with Crippen LogP contribution in [0.4, 0.5) is 5.69 Å². The molecule has 0 fully saturated rings. The maximum atomic E-state index is 6.29. The van der Waals surface area contributed by atoms with Crippen molar-refractivity contribution in [1.29, 1.82) is 0 Å². The van der Waals surface area contributed by atoms with E-state index >= 15 is 0 Å². The molecular weight excluding hydrogens is 437 g/mol. The molecule has 2 aromatic carbocycles. The van der Waals surface area contributed by atoms with Crippen LogP contribution in [0.25, 0.3) is 0 Å². The number of aryl methyl sites for hydroxylation is 1. The summed E-state index contributed by atoms with van der Waals surface area (Å²) in [5, 5.41) is 4.80. The Kier molecular flexibility index (Phi) is 4.84. The Bertz CT molecular complexity index is 665. The van der Waals surface area contributed by atoms with Crippen LogP contribution in [0.2, 0.25) is 10.0 Å². The fourth-order valence-electron chi connectivity index (χ4n) is 2.73. The van der Waals surface area contributed by atoms with E-state index in [2.05, 4.69) is 55.4 Å². The summed E-state index contributed by atoms with van der Waals surface area (Å²) >= 11 is 19.5. The summed E-state index contributed by atoms with van der Waals surface area (Å²) < 4.78 is 2.04. The normalized spacial score (nSPS) is 17.4. The van der Waals surface area contributed by atoms with Crippen molar-refractivity contribution in [3.8, 4) is 0 Å². The van der Waals surface area contributed by atoms with Gasteiger partial charge in [-0.25, -0.2) is 0 Å². The van der Waals surface area contributed by atoms with Gasteiger partial charge in [0, 0.05) is 15.0 Å². The quantitative estimate of drug-likeness (QED) is 0.552. The van der Waals surface area contributed by atoms with Crippen LogP contribution >= 0.6 is 55.1 Å². The molecule has 1 N–H and O–H groups in total. The largest absolute Gasteiger partial charge is 0.380 e. The zero-order chi connectivity index (χ0) is 15.0. The minimum Gasteiger partial charge on any atom is -0.380 e. The van der Waals surface area contributed by atoms with Crippen molar-refractivity contribution in [3.63, 3.8) is 0 Å². The van der Waals surface area contributed by atoms with Gasteiger partial charge in [0.2, 0.25) is 0 Å². The van der Waals surface area contributed by atoms with E-state index in [1.54, 1.807) is 0 Å². The second-order valence-electron chi connectivity index (χ2n) is 5.24. The van der Waals surface area contributed by atoms with Gasteiger partial charge in [-0.3, -0.25) is 0 Å². The van der Waals surface area contributed by atoms with Crippen molar-refractivity contribution in [2.24, 2.45) is 0 Å². The molecule has 0 amide bonds. The molecule has 0 saturated heterocycles. The summed E-state index contributed by atoms with van der Waals surface area (Å²) in [5.41, 5.74) is 3.65. The SMILES string of the molecule is Clc1cc(Br)cc(Cl)c1NC1CCc2cc(Br)ccc2C1. The van der Waals surface area contributed by atoms with E-state index < -0.39 is 0 Å². The molecule has 0 heterocycles. The third kappa shape index (κ3) is 3.58. The smallest absolute Gasteiger partial charge is 0.0722 e. The molecule has 1 nitrogen and oxygen atoms in total. The van der Waals surface area contributed by atoms with Crippen molar-refractivity contribution >= 4 is 60.7 Å². The highest BCUT2D eigenvalue weighted by Crippen LogP contribution is 2.36. The van der Waals surface area contributed by atoms with Crippen molar-refractivity contribution < 1.29 is 0 Å². The molecule has 5 heteroatoms. The first kappa shape index (κ1) is 15.7. The number of hydrogen-bond donors (Lipinski definition) is 1. The fourth-order valence-corrected chi connectivity index (χ4v) is 4.46. The lowest BCUT2D eigenvalue weighted by molar-refractivity contribution is 0.610. The first-order valence-corrected chi connectivity index (χ1v) is 9.05. The highest BCUT2D eigenvalue weighted by molar-refractivity contribution is 9.10. The number of hydrogen-bond acceptors (Lipinski definition) is 1. The average Bonchev–Trinajstić information content (AvgIpc) is 2.43. The zero-order valence-corrected chi connectivity index (χ0v) is 15.8. The number of rotatable bonds is 2. The van der Waals surface area contributed by atoms with Gasteiger partial charge in [-0.15, -0.1) is 0 Å². The Morgan fingerprint density at radius 3 is 2.38 bits per heavy atom. The van der Waals surface area contributed by atoms with Crippen molar-refractivity contribution in [1.82, 2.24) is 0 Å². The summed E-state index contributed by atoms with van der Waals surface area (Å²) in [6, 6.07) is 10.6. The molecule has 1 aliphatic carbocycles. The van der Waals surface area contributed by atoms with Crippen LogP contribution in [0.3, 0.4) is 0 Å². The van der Waals surface area contributed by atoms with Crippen LogP contribution in [0.5, 0.6) is 0 Å². The highest BCUT2D eigenvalue weighted by Gasteiger charge is 2.20. The molecule has 0 radical (unpaired) electrons. The van der Waals surface area contributed by atoms with Gasteiger partial charge in [-0.05, 0) is 54.7 Å². The lowest BCUT2D eigenvalue weighted by atomic mass is 9.88. The Balaban J connectivity index is 1.80. The molecule has 110 valence electrons. The van der Waals surface area contributed by atoms with E-state index in [-0.39, 0.29) is 0 Å². The molecule has 0 aromatic heterocycles. The molecule has 0 aliphatic heterocycles. The Hall–Kier alpha value is -0.220. The monoisotopic (exact) mass is 447 g/mol. The lowest BCUT2D eigenvalue weighted by Gasteiger charge is -2.27. The van der Waals surface area contributed by atoms with Crippen LogP contribution < -0.4 is 5.32 Å². The van der Waals surface area contributed by atoms with E-state index in [0.29, 0.717) is 16.1 Å². The third-order valence-corrected chi connectivity index (χ3v) is 5.30. The van der Waals surface area contributed by atoms with Gasteiger partial charge in [0.1, 0.15) is 0 Å². The molecule has 0 saturated carbocycles. The van der Waals surface area contributed by atoms with Gasteiger partial charge in [0.15, 0.2) is 0 Å². The fraction of sp³-hybridized carbons (Fsp3) is 0.250. The first-order valence-electron chi connectivity index (χ1n) is 6.71. The molecule has 3 rings (SSSR count). The maximum Gasteiger partial charge on any atom is 0.0722 e. The van der Waals surface area contributed by atoms with Crippen molar-refractivity contribution in [2.45, 2.75) is 25.3 Å². The first-order chi connectivity index (χ1) is 10.0. The minimum absolute atomic E-state index is 0.356. The van der Waals surface area contributed by atoms with Gasteiger partial charge in [-0.2, -0.15) is 0 Å². The number of halogens is 4. The predicted octanol–water partition coefficient (Wildman–Crippen LogP) is 6.49. The molecule has 21 heavy (non-hydrogen) atoms. The van der Waals surface area contributed by atoms with Gasteiger partial charge in [0.05, 0.1) is 15.7 Å². The maximum absolute atomic E-state index is 6.29. The minimum atomic E-state index is 0.356. The van der Waals surface area contributed by atoms with Crippen molar-refractivity contribution in [3.05, 3.63) is 60.4 Å². The van der Waals surface area contributed by atoms with Crippen LogP contribution in [0.1, 0.15) is 17.5 Å². The number of nitrogens with one attached hydrogen (secondary N) is 1. The molecule has 0 bridgehead atoms. The van der Waals surface area contributed by atoms with E-state index in [1.165, 1.54) is 11.1 Å². The van der Waals surface area contributed by atoms with Gasteiger partial charge in [-0.1, -0.05) is 61.1 Å². The van der Waals surface area contributed by atoms with E-state index in [1.807, 2.05) is 12.1 Å². The van der Waals surface area contributed by atoms with Crippen LogP contribution in [0.15, 0.2) is 39.3 Å². The Morgan fingerprint density at radius 1 is 0.952 bits per heavy atom. The second-order valence-corrected chi connectivity index (χ2v) is 7.89. The zero-order valence-electron chi connectivity index (χ0n) is 11.1. The molecule has 1 unspecified atom stereocenters. The molecule has 1 atom stereocenters. The summed E-state index contributed by atoms with van der Waals surface area (Å²) in [4.78, 5) is 0. The second kappa shape index (κ2) is 6.49. The Labute approximate surface area is 151 Å². The highest BCUT2D eigenvalue weighted by atomic mass is 79.9. The van der Waals surface area contributed by atoms with Crippen LogP contribution in [-0.2, 0) is 12.8 Å². The summed E-state index contributed by atoms with van der Waals surface area (Å²) in [6.07, 6.45) is 3.13. The predicted molar refractivity (Wildman–Crippen MR) is 97.7 cm³/mol. The summed E-state index contributed by atoms with van der Waals surface area (Å²) in [5.74, 6) is 0. The van der Waals surface area contributed by atoms with E-state index in [0.717, 1.165) is 33.9 Å². The molecule has 2 aromatic rings. The van der Waals surface area contributed by atoms with Gasteiger partial charge in [0.25, 0.3) is 0 Å². The van der Waals surface area contributed by atoms with Gasteiger partial charge < -0.3 is 5.32 Å².